The Morgan fingerprint density at radius 3 is 2.30 bits per heavy atom. The Morgan fingerprint density at radius 2 is 1.70 bits per heavy atom. The third-order valence-electron chi connectivity index (χ3n) is 5.43. The molecule has 0 unspecified atom stereocenters. The predicted octanol–water partition coefficient (Wildman–Crippen LogP) is 2.82. The van der Waals surface area contributed by atoms with Crippen molar-refractivity contribution in [3.63, 3.8) is 0 Å². The number of benzene rings is 1. The molecule has 0 atom stereocenters. The largest absolute Gasteiger partial charge is 0.481 e. The number of nitrogens with two attached hydrogens (primary N) is 1. The molecule has 30 heavy (non-hydrogen) atoms. The van der Waals surface area contributed by atoms with E-state index in [1.807, 2.05) is 24.3 Å². The molecule has 1 saturated heterocycles. The van der Waals surface area contributed by atoms with E-state index in [1.54, 1.807) is 37.8 Å². The van der Waals surface area contributed by atoms with Gasteiger partial charge < -0.3 is 20.5 Å². The van der Waals surface area contributed by atoms with Gasteiger partial charge in [0.1, 0.15) is 0 Å². The Morgan fingerprint density at radius 1 is 1.00 bits per heavy atom. The summed E-state index contributed by atoms with van der Waals surface area (Å²) in [5.74, 6) is 0.665. The summed E-state index contributed by atoms with van der Waals surface area (Å²) >= 11 is 0. The van der Waals surface area contributed by atoms with Crippen LogP contribution < -0.4 is 15.8 Å². The summed E-state index contributed by atoms with van der Waals surface area (Å²) in [5.41, 5.74) is 8.30. The number of ether oxygens (including phenoxy) is 2. The number of anilines is 2. The minimum absolute atomic E-state index is 0.0682. The number of amides is 1. The van der Waals surface area contributed by atoms with Gasteiger partial charge in [0.2, 0.25) is 17.7 Å². The van der Waals surface area contributed by atoms with E-state index >= 15 is 0 Å². The van der Waals surface area contributed by atoms with Crippen LogP contribution in [0.1, 0.15) is 18.4 Å². The molecule has 1 aromatic carbocycles. The van der Waals surface area contributed by atoms with Gasteiger partial charge in [-0.3, -0.25) is 4.79 Å². The van der Waals surface area contributed by atoms with E-state index in [-0.39, 0.29) is 11.9 Å². The second-order valence-electron chi connectivity index (χ2n) is 7.15. The molecule has 3 aromatic rings. The van der Waals surface area contributed by atoms with Crippen LogP contribution in [0, 0.1) is 0 Å². The first-order valence-electron chi connectivity index (χ1n) is 9.68. The summed E-state index contributed by atoms with van der Waals surface area (Å²) in [7, 11) is 1.55. The summed E-state index contributed by atoms with van der Waals surface area (Å²) in [6, 6.07) is 11.4. The fourth-order valence-electron chi connectivity index (χ4n) is 3.66. The van der Waals surface area contributed by atoms with Gasteiger partial charge in [0.25, 0.3) is 0 Å². The zero-order chi connectivity index (χ0) is 21.0. The summed E-state index contributed by atoms with van der Waals surface area (Å²) in [5, 5.41) is 3.01. The Balaban J connectivity index is 1.60. The quantitative estimate of drug-likeness (QED) is 0.671. The van der Waals surface area contributed by atoms with Crippen LogP contribution in [-0.2, 0) is 14.9 Å². The average Bonchev–Trinajstić information content (AvgIpc) is 2.80. The minimum Gasteiger partial charge on any atom is -0.481 e. The summed E-state index contributed by atoms with van der Waals surface area (Å²) in [6.45, 7) is 1.06. The van der Waals surface area contributed by atoms with Crippen molar-refractivity contribution in [3.05, 3.63) is 60.6 Å². The lowest BCUT2D eigenvalue weighted by atomic mass is 9.73. The number of nitrogens with zero attached hydrogens (tertiary/aromatic N) is 3. The molecule has 0 bridgehead atoms. The maximum atomic E-state index is 13.4. The van der Waals surface area contributed by atoms with E-state index in [4.69, 9.17) is 15.2 Å². The fourth-order valence-corrected chi connectivity index (χ4v) is 3.66. The van der Waals surface area contributed by atoms with E-state index in [0.717, 1.165) is 16.7 Å². The Kier molecular flexibility index (Phi) is 5.58. The normalized spacial score (nSPS) is 15.4. The SMILES string of the molecule is COc1ccc(NC(=O)C2(c3ccc(-c4cnc(N)nc4)cc3)CCOCC2)cn1. The highest BCUT2D eigenvalue weighted by Gasteiger charge is 2.41. The number of carbonyl (C=O) groups is 1. The van der Waals surface area contributed by atoms with E-state index in [1.165, 1.54) is 0 Å². The van der Waals surface area contributed by atoms with Crippen LogP contribution in [0.4, 0.5) is 11.6 Å². The van der Waals surface area contributed by atoms with Gasteiger partial charge >= 0.3 is 0 Å². The number of methoxy groups -OCH3 is 1. The molecule has 8 heteroatoms. The van der Waals surface area contributed by atoms with Gasteiger partial charge in [-0.2, -0.15) is 0 Å². The lowest BCUT2D eigenvalue weighted by Gasteiger charge is -2.36. The molecule has 2 aromatic heterocycles. The smallest absolute Gasteiger partial charge is 0.235 e. The number of hydrogen-bond donors (Lipinski definition) is 2. The van der Waals surface area contributed by atoms with Crippen LogP contribution in [0.2, 0.25) is 0 Å². The van der Waals surface area contributed by atoms with Crippen molar-refractivity contribution in [2.45, 2.75) is 18.3 Å². The van der Waals surface area contributed by atoms with E-state index < -0.39 is 5.41 Å². The van der Waals surface area contributed by atoms with E-state index in [0.29, 0.717) is 37.6 Å². The highest BCUT2D eigenvalue weighted by molar-refractivity contribution is 5.99. The zero-order valence-electron chi connectivity index (χ0n) is 16.7. The molecule has 0 saturated carbocycles. The molecule has 0 radical (unpaired) electrons. The van der Waals surface area contributed by atoms with Gasteiger partial charge in [0.05, 0.1) is 24.4 Å². The van der Waals surface area contributed by atoms with Gasteiger partial charge in [-0.05, 0) is 30.0 Å². The van der Waals surface area contributed by atoms with Crippen LogP contribution in [0.3, 0.4) is 0 Å². The van der Waals surface area contributed by atoms with Gasteiger partial charge in [-0.25, -0.2) is 15.0 Å². The Hall–Kier alpha value is -3.52. The van der Waals surface area contributed by atoms with Crippen LogP contribution in [0.25, 0.3) is 11.1 Å². The summed E-state index contributed by atoms with van der Waals surface area (Å²) in [4.78, 5) is 25.6. The first-order valence-corrected chi connectivity index (χ1v) is 9.68. The molecule has 3 heterocycles. The third kappa shape index (κ3) is 3.95. The van der Waals surface area contributed by atoms with Crippen molar-refractivity contribution in [1.29, 1.82) is 0 Å². The number of nitrogen functional groups attached to an aromatic ring is 1. The van der Waals surface area contributed by atoms with Crippen molar-refractivity contribution in [3.8, 4) is 17.0 Å². The second-order valence-corrected chi connectivity index (χ2v) is 7.15. The first kappa shape index (κ1) is 19.8. The number of hydrogen-bond acceptors (Lipinski definition) is 7. The van der Waals surface area contributed by atoms with Gasteiger partial charge in [-0.1, -0.05) is 24.3 Å². The predicted molar refractivity (Wildman–Crippen MR) is 113 cm³/mol. The Bertz CT molecular complexity index is 998. The molecule has 0 spiro atoms. The highest BCUT2D eigenvalue weighted by atomic mass is 16.5. The minimum atomic E-state index is -0.672. The molecule has 1 amide bonds. The third-order valence-corrected chi connectivity index (χ3v) is 5.43. The number of aromatic nitrogens is 3. The van der Waals surface area contributed by atoms with Crippen LogP contribution in [0.5, 0.6) is 5.88 Å². The van der Waals surface area contributed by atoms with E-state index in [9.17, 15) is 4.79 Å². The molecule has 154 valence electrons. The van der Waals surface area contributed by atoms with Crippen LogP contribution in [0.15, 0.2) is 55.0 Å². The van der Waals surface area contributed by atoms with Crippen molar-refractivity contribution in [2.75, 3.05) is 31.4 Å². The molecular weight excluding hydrogens is 382 g/mol. The van der Waals surface area contributed by atoms with Crippen LogP contribution >= 0.6 is 0 Å². The van der Waals surface area contributed by atoms with Gasteiger partial charge in [0.15, 0.2) is 0 Å². The molecule has 1 fully saturated rings. The fraction of sp³-hybridized carbons (Fsp3) is 0.273. The summed E-state index contributed by atoms with van der Waals surface area (Å²) in [6.07, 6.45) is 6.17. The zero-order valence-corrected chi connectivity index (χ0v) is 16.7. The van der Waals surface area contributed by atoms with Crippen LogP contribution in [-0.4, -0.2) is 41.2 Å². The monoisotopic (exact) mass is 405 g/mol. The molecule has 1 aliphatic heterocycles. The van der Waals surface area contributed by atoms with Crippen molar-refractivity contribution >= 4 is 17.5 Å². The topological polar surface area (TPSA) is 112 Å². The average molecular weight is 405 g/mol. The van der Waals surface area contributed by atoms with Gasteiger partial charge in [0, 0.05) is 37.2 Å². The maximum absolute atomic E-state index is 13.4. The number of carbonyl (C=O) groups excluding carboxylic acids is 1. The lowest BCUT2D eigenvalue weighted by Crippen LogP contribution is -2.44. The second kappa shape index (κ2) is 8.46. The molecular formula is C22H23N5O3. The van der Waals surface area contributed by atoms with Crippen molar-refractivity contribution in [2.24, 2.45) is 0 Å². The molecule has 8 nitrogen and oxygen atoms in total. The molecule has 1 aliphatic rings. The maximum Gasteiger partial charge on any atom is 0.235 e. The van der Waals surface area contributed by atoms with Crippen molar-refractivity contribution in [1.82, 2.24) is 15.0 Å². The first-order chi connectivity index (χ1) is 14.6. The molecule has 4 rings (SSSR count). The number of nitrogens with one attached hydrogen (secondary N) is 1. The van der Waals surface area contributed by atoms with Crippen molar-refractivity contribution < 1.29 is 14.3 Å². The Labute approximate surface area is 174 Å². The standard InChI is InChI=1S/C22H23N5O3/c1-29-19-7-6-18(14-24-19)27-20(28)22(8-10-30-11-9-22)17-4-2-15(3-5-17)16-12-25-21(23)26-13-16/h2-7,12-14H,8-11H2,1H3,(H,27,28)(H2,23,25,26). The number of rotatable bonds is 5. The summed E-state index contributed by atoms with van der Waals surface area (Å²) < 4.78 is 10.6. The molecule has 3 N–H and O–H groups in total. The van der Waals surface area contributed by atoms with E-state index in [2.05, 4.69) is 20.3 Å². The number of pyridine rings is 1. The highest BCUT2D eigenvalue weighted by Crippen LogP contribution is 2.37. The molecule has 0 aliphatic carbocycles. The lowest BCUT2D eigenvalue weighted by molar-refractivity contribution is -0.125. The van der Waals surface area contributed by atoms with Gasteiger partial charge in [-0.15, -0.1) is 0 Å².